The fourth-order valence-corrected chi connectivity index (χ4v) is 0.730. The largest absolute Gasteiger partial charge is 0.508 e. The third-order valence-electron chi connectivity index (χ3n) is 1.34. The average molecular weight is 148 g/mol. The van der Waals surface area contributed by atoms with Crippen LogP contribution in [0, 0.1) is 0 Å². The van der Waals surface area contributed by atoms with E-state index in [1.54, 1.807) is 0 Å². The van der Waals surface area contributed by atoms with Crippen molar-refractivity contribution in [2.75, 3.05) is 0 Å². The number of carbonyl (C=O) groups excluding carboxylic acids is 1. The summed E-state index contributed by atoms with van der Waals surface area (Å²) in [6.07, 6.45) is 0.348. The molecule has 0 unspecified atom stereocenters. The van der Waals surface area contributed by atoms with Gasteiger partial charge < -0.3 is 10.2 Å². The van der Waals surface area contributed by atoms with Crippen molar-refractivity contribution in [3.8, 4) is 11.5 Å². The third kappa shape index (κ3) is 1.19. The van der Waals surface area contributed by atoms with Gasteiger partial charge in [-0.15, -0.1) is 0 Å². The fraction of sp³-hybridized carbons (Fsp3) is 0. The van der Waals surface area contributed by atoms with E-state index >= 15 is 0 Å². The summed E-state index contributed by atoms with van der Waals surface area (Å²) in [6.45, 7) is 0. The monoisotopic (exact) mass is 148 g/mol. The molecule has 0 saturated heterocycles. The van der Waals surface area contributed by atoms with E-state index in [1.165, 1.54) is 12.1 Å². The minimum absolute atomic E-state index is 0.0740. The molecule has 1 rings (SSSR count). The Balaban J connectivity index is 3.40. The van der Waals surface area contributed by atoms with E-state index in [0.29, 0.717) is 6.29 Å². The molecular weight excluding hydrogens is 143 g/mol. The van der Waals surface area contributed by atoms with Crippen molar-refractivity contribution in [2.45, 2.75) is 0 Å². The van der Waals surface area contributed by atoms with E-state index in [2.05, 4.69) is 0 Å². The van der Waals surface area contributed by atoms with Crippen LogP contribution in [-0.4, -0.2) is 24.3 Å². The highest BCUT2D eigenvalue weighted by molar-refractivity contribution is 6.34. The van der Waals surface area contributed by atoms with E-state index in [4.69, 9.17) is 18.1 Å². The summed E-state index contributed by atoms with van der Waals surface area (Å²) < 4.78 is 0. The SMILES string of the molecule is [B]c1ccc(O)c(C=O)c1O. The maximum absolute atomic E-state index is 10.2. The van der Waals surface area contributed by atoms with Crippen LogP contribution in [0.5, 0.6) is 11.5 Å². The molecule has 2 radical (unpaired) electrons. The summed E-state index contributed by atoms with van der Waals surface area (Å²) in [5, 5.41) is 18.0. The number of carbonyl (C=O) groups is 1. The number of phenols is 2. The number of aldehydes is 1. The molecule has 4 heteroatoms. The molecular formula is C7H5BO3. The van der Waals surface area contributed by atoms with E-state index in [1.807, 2.05) is 0 Å². The summed E-state index contributed by atoms with van der Waals surface area (Å²) in [4.78, 5) is 10.2. The highest BCUT2D eigenvalue weighted by Gasteiger charge is 2.06. The number of rotatable bonds is 1. The second-order valence-corrected chi connectivity index (χ2v) is 2.05. The predicted molar refractivity (Wildman–Crippen MR) is 40.5 cm³/mol. The number of benzene rings is 1. The van der Waals surface area contributed by atoms with Crippen LogP contribution in [0.15, 0.2) is 12.1 Å². The zero-order valence-corrected chi connectivity index (χ0v) is 5.61. The van der Waals surface area contributed by atoms with E-state index in [9.17, 15) is 4.79 Å². The van der Waals surface area contributed by atoms with Crippen molar-refractivity contribution in [2.24, 2.45) is 0 Å². The van der Waals surface area contributed by atoms with Crippen LogP contribution in [0.1, 0.15) is 10.4 Å². The standard InChI is InChI=1S/C7H5BO3/c8-5-1-2-6(10)4(3-9)7(5)11/h1-3,10-11H. The number of phenolic OH excluding ortho intramolecular Hbond substituents is 2. The zero-order chi connectivity index (χ0) is 8.43. The van der Waals surface area contributed by atoms with Gasteiger partial charge in [0.2, 0.25) is 0 Å². The lowest BCUT2D eigenvalue weighted by Gasteiger charge is -2.02. The van der Waals surface area contributed by atoms with Crippen LogP contribution in [0.25, 0.3) is 0 Å². The Bertz CT molecular complexity index is 296. The lowest BCUT2D eigenvalue weighted by molar-refractivity contribution is 0.111. The summed E-state index contributed by atoms with van der Waals surface area (Å²) in [7, 11) is 5.25. The van der Waals surface area contributed by atoms with E-state index < -0.39 is 0 Å². The molecule has 0 amide bonds. The van der Waals surface area contributed by atoms with Gasteiger partial charge in [-0.05, 0) is 6.07 Å². The fourth-order valence-electron chi connectivity index (χ4n) is 0.730. The maximum Gasteiger partial charge on any atom is 0.157 e. The second kappa shape index (κ2) is 2.66. The second-order valence-electron chi connectivity index (χ2n) is 2.05. The first-order valence-electron chi connectivity index (χ1n) is 2.92. The molecule has 54 valence electrons. The van der Waals surface area contributed by atoms with Gasteiger partial charge in [-0.3, -0.25) is 4.79 Å². The van der Waals surface area contributed by atoms with Gasteiger partial charge in [-0.25, -0.2) is 0 Å². The molecule has 0 aliphatic rings. The minimum Gasteiger partial charge on any atom is -0.508 e. The van der Waals surface area contributed by atoms with Crippen LogP contribution in [0.4, 0.5) is 0 Å². The van der Waals surface area contributed by atoms with Crippen molar-refractivity contribution in [1.82, 2.24) is 0 Å². The first-order valence-corrected chi connectivity index (χ1v) is 2.92. The molecule has 0 aliphatic carbocycles. The summed E-state index contributed by atoms with van der Waals surface area (Å²) >= 11 is 0. The first kappa shape index (κ1) is 7.66. The molecule has 0 aliphatic heterocycles. The Hall–Kier alpha value is -1.45. The van der Waals surface area contributed by atoms with Gasteiger partial charge in [0.15, 0.2) is 6.29 Å². The molecule has 0 saturated carbocycles. The van der Waals surface area contributed by atoms with Gasteiger partial charge in [-0.1, -0.05) is 11.5 Å². The van der Waals surface area contributed by atoms with Gasteiger partial charge in [0.1, 0.15) is 19.3 Å². The normalized spacial score (nSPS) is 9.45. The highest BCUT2D eigenvalue weighted by atomic mass is 16.3. The Morgan fingerprint density at radius 1 is 1.36 bits per heavy atom. The van der Waals surface area contributed by atoms with E-state index in [0.717, 1.165) is 0 Å². The third-order valence-corrected chi connectivity index (χ3v) is 1.34. The van der Waals surface area contributed by atoms with Gasteiger partial charge in [0.05, 0.1) is 5.56 Å². The quantitative estimate of drug-likeness (QED) is 0.424. The summed E-state index contributed by atoms with van der Waals surface area (Å²) in [5.74, 6) is -0.647. The van der Waals surface area contributed by atoms with Gasteiger partial charge >= 0.3 is 0 Å². The van der Waals surface area contributed by atoms with Crippen LogP contribution < -0.4 is 5.46 Å². The molecule has 0 bridgehead atoms. The first-order chi connectivity index (χ1) is 5.16. The maximum atomic E-state index is 10.2. The molecule has 0 atom stereocenters. The van der Waals surface area contributed by atoms with Crippen molar-refractivity contribution in [3.63, 3.8) is 0 Å². The minimum atomic E-state index is -0.375. The van der Waals surface area contributed by atoms with Crippen molar-refractivity contribution >= 4 is 19.6 Å². The summed E-state index contributed by atoms with van der Waals surface area (Å²) in [5.41, 5.74) is -0.102. The number of aromatic hydroxyl groups is 2. The van der Waals surface area contributed by atoms with Crippen LogP contribution in [0.2, 0.25) is 0 Å². The Morgan fingerprint density at radius 2 is 2.00 bits per heavy atom. The number of hydrogen-bond acceptors (Lipinski definition) is 3. The Morgan fingerprint density at radius 3 is 2.45 bits per heavy atom. The molecule has 11 heavy (non-hydrogen) atoms. The lowest BCUT2D eigenvalue weighted by atomic mass is 9.93. The molecule has 1 aromatic carbocycles. The van der Waals surface area contributed by atoms with Gasteiger partial charge in [0.25, 0.3) is 0 Å². The molecule has 0 spiro atoms. The topological polar surface area (TPSA) is 57.5 Å². The lowest BCUT2D eigenvalue weighted by Crippen LogP contribution is -2.04. The van der Waals surface area contributed by atoms with Crippen molar-refractivity contribution < 1.29 is 15.0 Å². The van der Waals surface area contributed by atoms with Crippen LogP contribution >= 0.6 is 0 Å². The van der Waals surface area contributed by atoms with E-state index in [-0.39, 0.29) is 22.5 Å². The van der Waals surface area contributed by atoms with Crippen molar-refractivity contribution in [3.05, 3.63) is 17.7 Å². The molecule has 0 aromatic heterocycles. The molecule has 3 nitrogen and oxygen atoms in total. The molecule has 2 N–H and O–H groups in total. The Labute approximate surface area is 64.7 Å². The zero-order valence-electron chi connectivity index (χ0n) is 5.61. The molecule has 1 aromatic rings. The number of hydrogen-bond donors (Lipinski definition) is 2. The highest BCUT2D eigenvalue weighted by Crippen LogP contribution is 2.21. The van der Waals surface area contributed by atoms with Crippen LogP contribution in [0.3, 0.4) is 0 Å². The summed E-state index contributed by atoms with van der Waals surface area (Å²) in [6, 6.07) is 2.57. The van der Waals surface area contributed by atoms with Gasteiger partial charge in [-0.2, -0.15) is 0 Å². The smallest absolute Gasteiger partial charge is 0.157 e. The molecule has 0 heterocycles. The predicted octanol–water partition coefficient (Wildman–Crippen LogP) is -0.296. The van der Waals surface area contributed by atoms with Crippen LogP contribution in [-0.2, 0) is 0 Å². The van der Waals surface area contributed by atoms with Crippen molar-refractivity contribution in [1.29, 1.82) is 0 Å². The molecule has 0 fully saturated rings. The Kier molecular flexibility index (Phi) is 1.85. The average Bonchev–Trinajstić information content (AvgIpc) is 1.99. The van der Waals surface area contributed by atoms with Gasteiger partial charge in [0, 0.05) is 0 Å².